The number of alkyl halides is 3. The molecule has 2 atom stereocenters. The van der Waals surface area contributed by atoms with E-state index in [1.54, 1.807) is 24.3 Å². The molecule has 262 valence electrons. The van der Waals surface area contributed by atoms with Gasteiger partial charge < -0.3 is 24.6 Å². The van der Waals surface area contributed by atoms with Gasteiger partial charge in [-0.05, 0) is 63.0 Å². The molecule has 1 N–H and O–H groups in total. The molecule has 0 bridgehead atoms. The molecular weight excluding hydrogens is 688 g/mol. The van der Waals surface area contributed by atoms with E-state index in [-0.39, 0.29) is 35.2 Å². The van der Waals surface area contributed by atoms with Gasteiger partial charge in [0.2, 0.25) is 0 Å². The highest BCUT2D eigenvalue weighted by Crippen LogP contribution is 2.36. The van der Waals surface area contributed by atoms with E-state index in [9.17, 15) is 21.6 Å². The zero-order chi connectivity index (χ0) is 35.5. The second-order valence-corrected chi connectivity index (χ2v) is 13.8. The molecule has 4 aromatic rings. The number of hydrogen-bond acceptors (Lipinski definition) is 9. The fourth-order valence-electron chi connectivity index (χ4n) is 5.75. The lowest BCUT2D eigenvalue weighted by atomic mass is 9.97. The first-order chi connectivity index (χ1) is 23.2. The minimum atomic E-state index is -4.60. The molecule has 49 heavy (non-hydrogen) atoms. The molecule has 1 aliphatic heterocycles. The van der Waals surface area contributed by atoms with Crippen LogP contribution in [0.1, 0.15) is 17.5 Å². The first-order valence-corrected chi connectivity index (χ1v) is 16.9. The highest BCUT2D eigenvalue weighted by Gasteiger charge is 2.35. The maximum absolute atomic E-state index is 15.9. The Morgan fingerprint density at radius 2 is 1.84 bits per heavy atom. The lowest BCUT2D eigenvalue weighted by Gasteiger charge is -2.43. The fraction of sp³-hybridized carbons (Fsp3) is 0.333. The third-order valence-electron chi connectivity index (χ3n) is 8.34. The predicted molar refractivity (Wildman–Crippen MR) is 180 cm³/mol. The summed E-state index contributed by atoms with van der Waals surface area (Å²) in [7, 11) is 2.00. The number of sulfonamides is 1. The maximum atomic E-state index is 15.9. The van der Waals surface area contributed by atoms with Crippen molar-refractivity contribution in [1.29, 1.82) is 0 Å². The SMILES string of the molecule is COc1ccc(CN(c2ccncn2)S(=O)(=O)c2cc(Cl)c(N[C@@H]3CCN(c4cccc(C(F)(F)F)c4)CC3N(C)C)cc2F)c(OC)c1. The highest BCUT2D eigenvalue weighted by molar-refractivity contribution is 7.92. The summed E-state index contributed by atoms with van der Waals surface area (Å²) < 4.78 is 95.9. The van der Waals surface area contributed by atoms with Crippen LogP contribution in [0.15, 0.2) is 78.1 Å². The Hall–Kier alpha value is -4.34. The highest BCUT2D eigenvalue weighted by atomic mass is 35.5. The predicted octanol–water partition coefficient (Wildman–Crippen LogP) is 6.32. The normalized spacial score (nSPS) is 16.8. The number of anilines is 3. The van der Waals surface area contributed by atoms with Gasteiger partial charge in [0, 0.05) is 54.8 Å². The molecule has 0 saturated carbocycles. The standard InChI is InChI=1S/C33H35ClF4N6O4S/c1-42(2)29-19-43(23-7-5-6-22(14-23)33(36,37)38)13-11-27(29)41-28-17-26(35)31(16-25(28)34)49(45,46)44(32-10-12-39-20-40-32)18-21-8-9-24(47-3)15-30(21)48-4/h5-10,12,14-17,20,27,29,41H,11,13,18-19H2,1-4H3/t27-,29?/m1/s1. The Balaban J connectivity index is 1.42. The Morgan fingerprint density at radius 1 is 1.06 bits per heavy atom. The molecule has 0 amide bonds. The van der Waals surface area contributed by atoms with Crippen molar-refractivity contribution in [1.82, 2.24) is 14.9 Å². The van der Waals surface area contributed by atoms with Crippen LogP contribution in [0.4, 0.5) is 34.8 Å². The summed E-state index contributed by atoms with van der Waals surface area (Å²) in [6, 6.07) is 13.0. The second-order valence-electron chi connectivity index (χ2n) is 11.6. The zero-order valence-corrected chi connectivity index (χ0v) is 28.7. The summed E-state index contributed by atoms with van der Waals surface area (Å²) in [6.45, 7) is 0.526. The van der Waals surface area contributed by atoms with Crippen LogP contribution in [-0.4, -0.2) is 76.8 Å². The van der Waals surface area contributed by atoms with Crippen molar-refractivity contribution in [3.63, 3.8) is 0 Å². The number of halogens is 5. The van der Waals surface area contributed by atoms with Crippen LogP contribution in [0.25, 0.3) is 0 Å². The van der Waals surface area contributed by atoms with Gasteiger partial charge in [-0.3, -0.25) is 0 Å². The lowest BCUT2D eigenvalue weighted by Crippen LogP contribution is -2.56. The van der Waals surface area contributed by atoms with E-state index in [0.717, 1.165) is 28.6 Å². The Kier molecular flexibility index (Phi) is 10.7. The molecule has 16 heteroatoms. The van der Waals surface area contributed by atoms with Crippen LogP contribution in [0.3, 0.4) is 0 Å². The molecule has 3 aromatic carbocycles. The Labute approximate surface area is 287 Å². The molecule has 1 aromatic heterocycles. The molecule has 0 spiro atoms. The maximum Gasteiger partial charge on any atom is 0.416 e. The topological polar surface area (TPSA) is 100 Å². The number of benzene rings is 3. The van der Waals surface area contributed by atoms with Crippen molar-refractivity contribution in [3.8, 4) is 11.5 Å². The van der Waals surface area contributed by atoms with Gasteiger partial charge in [-0.15, -0.1) is 0 Å². The van der Waals surface area contributed by atoms with Crippen molar-refractivity contribution in [3.05, 3.63) is 95.2 Å². The van der Waals surface area contributed by atoms with E-state index in [2.05, 4.69) is 15.3 Å². The van der Waals surface area contributed by atoms with Crippen molar-refractivity contribution in [2.75, 3.05) is 55.9 Å². The molecule has 0 aliphatic carbocycles. The summed E-state index contributed by atoms with van der Waals surface area (Å²) in [5.74, 6) is -0.209. The van der Waals surface area contributed by atoms with Gasteiger partial charge in [0.25, 0.3) is 10.0 Å². The quantitative estimate of drug-likeness (QED) is 0.178. The molecule has 1 fully saturated rings. The first-order valence-electron chi connectivity index (χ1n) is 15.1. The monoisotopic (exact) mass is 722 g/mol. The average Bonchev–Trinajstić information content (AvgIpc) is 3.08. The van der Waals surface area contributed by atoms with Crippen molar-refractivity contribution in [2.45, 2.75) is 36.1 Å². The molecule has 1 saturated heterocycles. The number of nitrogens with one attached hydrogen (secondary N) is 1. The van der Waals surface area contributed by atoms with Crippen molar-refractivity contribution >= 4 is 38.8 Å². The number of rotatable bonds is 11. The van der Waals surface area contributed by atoms with Gasteiger partial charge in [-0.2, -0.15) is 13.2 Å². The van der Waals surface area contributed by atoms with E-state index >= 15 is 4.39 Å². The zero-order valence-electron chi connectivity index (χ0n) is 27.1. The third-order valence-corrected chi connectivity index (χ3v) is 10.4. The fourth-order valence-corrected chi connectivity index (χ4v) is 7.51. The number of methoxy groups -OCH3 is 2. The van der Waals surface area contributed by atoms with Gasteiger partial charge in [-0.25, -0.2) is 27.1 Å². The average molecular weight is 723 g/mol. The Bertz CT molecular complexity index is 1890. The third kappa shape index (κ3) is 7.94. The van der Waals surface area contributed by atoms with E-state index in [1.165, 1.54) is 38.9 Å². The van der Waals surface area contributed by atoms with Crippen LogP contribution in [0, 0.1) is 5.82 Å². The number of ether oxygens (including phenoxy) is 2. The smallest absolute Gasteiger partial charge is 0.416 e. The number of likely N-dealkylation sites (N-methyl/N-ethyl adjacent to an activating group) is 1. The van der Waals surface area contributed by atoms with Crippen LogP contribution in [0.2, 0.25) is 5.02 Å². The largest absolute Gasteiger partial charge is 0.497 e. The molecule has 2 heterocycles. The van der Waals surface area contributed by atoms with Crippen LogP contribution < -0.4 is 24.0 Å². The first kappa shape index (κ1) is 36.0. The number of nitrogens with zero attached hydrogens (tertiary/aromatic N) is 5. The van der Waals surface area contributed by atoms with Crippen LogP contribution in [-0.2, 0) is 22.7 Å². The lowest BCUT2D eigenvalue weighted by molar-refractivity contribution is -0.137. The summed E-state index contributed by atoms with van der Waals surface area (Å²) in [5.41, 5.74) is 0.346. The van der Waals surface area contributed by atoms with Crippen LogP contribution >= 0.6 is 11.6 Å². The van der Waals surface area contributed by atoms with E-state index in [0.29, 0.717) is 42.3 Å². The molecule has 0 radical (unpaired) electrons. The number of piperidine rings is 1. The molecule has 1 aliphatic rings. The summed E-state index contributed by atoms with van der Waals surface area (Å²) in [5, 5.41) is 3.22. The van der Waals surface area contributed by atoms with Gasteiger partial charge in [0.1, 0.15) is 34.4 Å². The van der Waals surface area contributed by atoms with Gasteiger partial charge >= 0.3 is 6.18 Å². The van der Waals surface area contributed by atoms with Gasteiger partial charge in [0.05, 0.1) is 37.0 Å². The van der Waals surface area contributed by atoms with Gasteiger partial charge in [-0.1, -0.05) is 17.7 Å². The van der Waals surface area contributed by atoms with E-state index < -0.39 is 32.5 Å². The molecule has 5 rings (SSSR count). The summed E-state index contributed by atoms with van der Waals surface area (Å²) >= 11 is 6.63. The minimum Gasteiger partial charge on any atom is -0.497 e. The minimum absolute atomic E-state index is 0.00745. The van der Waals surface area contributed by atoms with E-state index in [4.69, 9.17) is 21.1 Å². The van der Waals surface area contributed by atoms with Crippen molar-refractivity contribution < 1.29 is 35.5 Å². The molecule has 10 nitrogen and oxygen atoms in total. The van der Waals surface area contributed by atoms with Crippen molar-refractivity contribution in [2.24, 2.45) is 0 Å². The van der Waals surface area contributed by atoms with Crippen LogP contribution in [0.5, 0.6) is 11.5 Å². The summed E-state index contributed by atoms with van der Waals surface area (Å²) in [4.78, 5) is 11.1. The van der Waals surface area contributed by atoms with E-state index in [1.807, 2.05) is 23.9 Å². The number of aromatic nitrogens is 2. The molecular formula is C33H35ClF4N6O4S. The number of hydrogen-bond donors (Lipinski definition) is 1. The van der Waals surface area contributed by atoms with Gasteiger partial charge in [0.15, 0.2) is 0 Å². The summed E-state index contributed by atoms with van der Waals surface area (Å²) in [6.07, 6.45) is -1.45. The second kappa shape index (κ2) is 14.6. The molecule has 1 unspecified atom stereocenters. The Morgan fingerprint density at radius 3 is 2.49 bits per heavy atom.